The Morgan fingerprint density at radius 3 is 2.62 bits per heavy atom. The zero-order chi connectivity index (χ0) is 20.5. The van der Waals surface area contributed by atoms with Crippen LogP contribution in [0.4, 0.5) is 10.8 Å². The number of hydrogen-bond acceptors (Lipinski definition) is 5. The van der Waals surface area contributed by atoms with Gasteiger partial charge in [-0.3, -0.25) is 9.59 Å². The number of benzene rings is 1. The van der Waals surface area contributed by atoms with Gasteiger partial charge in [0, 0.05) is 49.6 Å². The molecule has 6 nitrogen and oxygen atoms in total. The molecule has 1 saturated heterocycles. The molecule has 1 aromatic carbocycles. The van der Waals surface area contributed by atoms with Gasteiger partial charge in [-0.2, -0.15) is 0 Å². The van der Waals surface area contributed by atoms with Gasteiger partial charge in [0.1, 0.15) is 0 Å². The summed E-state index contributed by atoms with van der Waals surface area (Å²) < 4.78 is 0. The van der Waals surface area contributed by atoms with E-state index in [-0.39, 0.29) is 17.7 Å². The van der Waals surface area contributed by atoms with Gasteiger partial charge in [0.05, 0.1) is 5.69 Å². The van der Waals surface area contributed by atoms with Crippen LogP contribution in [-0.4, -0.2) is 47.9 Å². The number of aromatic nitrogens is 1. The molecule has 0 spiro atoms. The Kier molecular flexibility index (Phi) is 5.58. The van der Waals surface area contributed by atoms with Crippen LogP contribution in [0.1, 0.15) is 35.0 Å². The van der Waals surface area contributed by atoms with E-state index in [1.54, 1.807) is 18.3 Å². The van der Waals surface area contributed by atoms with E-state index in [4.69, 9.17) is 4.98 Å². The van der Waals surface area contributed by atoms with Crippen molar-refractivity contribution in [2.45, 2.75) is 40.0 Å². The van der Waals surface area contributed by atoms with E-state index in [0.717, 1.165) is 67.5 Å². The monoisotopic (exact) mass is 412 g/mol. The van der Waals surface area contributed by atoms with Crippen molar-refractivity contribution >= 4 is 34.0 Å². The van der Waals surface area contributed by atoms with E-state index >= 15 is 0 Å². The number of carbonyl (C=O) groups excluding carboxylic acids is 2. The first-order valence-corrected chi connectivity index (χ1v) is 11.1. The lowest BCUT2D eigenvalue weighted by Crippen LogP contribution is -2.48. The first-order valence-electron chi connectivity index (χ1n) is 10.3. The molecule has 0 bridgehead atoms. The third kappa shape index (κ3) is 4.29. The molecule has 0 saturated carbocycles. The lowest BCUT2D eigenvalue weighted by molar-refractivity contribution is -0.129. The second kappa shape index (κ2) is 8.14. The number of carbonyl (C=O) groups is 2. The van der Waals surface area contributed by atoms with Crippen LogP contribution < -0.4 is 10.2 Å². The van der Waals surface area contributed by atoms with Gasteiger partial charge in [-0.15, -0.1) is 11.3 Å². The molecular formula is C22H28N4O2S. The maximum Gasteiger partial charge on any atom is 0.227 e. The van der Waals surface area contributed by atoms with Crippen molar-refractivity contribution in [2.24, 2.45) is 5.92 Å². The zero-order valence-corrected chi connectivity index (χ0v) is 18.1. The third-order valence-corrected chi connectivity index (χ3v) is 7.12. The van der Waals surface area contributed by atoms with Crippen LogP contribution in [0.5, 0.6) is 0 Å². The minimum absolute atomic E-state index is 0.00827. The van der Waals surface area contributed by atoms with Gasteiger partial charge in [-0.1, -0.05) is 17.7 Å². The number of nitrogens with zero attached hydrogens (tertiary/aromatic N) is 3. The second-order valence-electron chi connectivity index (χ2n) is 8.11. The molecule has 2 aliphatic rings. The molecule has 1 fully saturated rings. The number of amides is 2. The fourth-order valence-corrected chi connectivity index (χ4v) is 5.36. The molecule has 2 heterocycles. The summed E-state index contributed by atoms with van der Waals surface area (Å²) in [4.78, 5) is 34.6. The number of piperazine rings is 1. The van der Waals surface area contributed by atoms with Crippen molar-refractivity contribution in [3.05, 3.63) is 39.9 Å². The molecule has 1 N–H and O–H groups in total. The van der Waals surface area contributed by atoms with Crippen LogP contribution in [0, 0.1) is 19.8 Å². The van der Waals surface area contributed by atoms with Crippen LogP contribution in [0.25, 0.3) is 0 Å². The molecule has 1 atom stereocenters. The molecule has 0 unspecified atom stereocenters. The summed E-state index contributed by atoms with van der Waals surface area (Å²) in [6.45, 7) is 8.86. The third-order valence-electron chi connectivity index (χ3n) is 5.93. The molecule has 7 heteroatoms. The van der Waals surface area contributed by atoms with E-state index in [0.29, 0.717) is 0 Å². The minimum atomic E-state index is -0.00827. The highest BCUT2D eigenvalue weighted by atomic mass is 32.1. The zero-order valence-electron chi connectivity index (χ0n) is 17.3. The molecule has 1 aliphatic heterocycles. The van der Waals surface area contributed by atoms with E-state index in [9.17, 15) is 9.59 Å². The molecule has 1 aromatic heterocycles. The Morgan fingerprint density at radius 1 is 1.17 bits per heavy atom. The highest BCUT2D eigenvalue weighted by Gasteiger charge is 2.29. The Balaban J connectivity index is 1.40. The normalized spacial score (nSPS) is 19.1. The van der Waals surface area contributed by atoms with Gasteiger partial charge in [0.25, 0.3) is 0 Å². The lowest BCUT2D eigenvalue weighted by atomic mass is 9.90. The highest BCUT2D eigenvalue weighted by Crippen LogP contribution is 2.35. The molecule has 1 aliphatic carbocycles. The average Bonchev–Trinajstić information content (AvgIpc) is 3.13. The summed E-state index contributed by atoms with van der Waals surface area (Å²) in [6, 6.07) is 6.11. The van der Waals surface area contributed by atoms with Crippen molar-refractivity contribution in [3.8, 4) is 0 Å². The Morgan fingerprint density at radius 2 is 1.93 bits per heavy atom. The maximum atomic E-state index is 12.8. The largest absolute Gasteiger partial charge is 0.345 e. The van der Waals surface area contributed by atoms with Gasteiger partial charge >= 0.3 is 0 Å². The standard InChI is InChI=1S/C22H28N4O2S/c1-14-4-6-18(15(2)12-14)23-21(28)17-5-7-19-20(13-17)29-22(24-19)26-10-8-25(9-11-26)16(3)27/h4,6,12,17H,5,7-11,13H2,1-3H3,(H,23,28)/t17-/m0/s1. The van der Waals surface area contributed by atoms with Crippen molar-refractivity contribution in [1.29, 1.82) is 0 Å². The number of hydrogen-bond donors (Lipinski definition) is 1. The molecule has 2 aromatic rings. The van der Waals surface area contributed by atoms with E-state index < -0.39 is 0 Å². The molecular weight excluding hydrogens is 384 g/mol. The van der Waals surface area contributed by atoms with Crippen molar-refractivity contribution in [1.82, 2.24) is 9.88 Å². The second-order valence-corrected chi connectivity index (χ2v) is 9.17. The summed E-state index contributed by atoms with van der Waals surface area (Å²) in [5.74, 6) is 0.236. The molecule has 29 heavy (non-hydrogen) atoms. The van der Waals surface area contributed by atoms with E-state index in [2.05, 4.69) is 23.2 Å². The number of nitrogens with one attached hydrogen (secondary N) is 1. The van der Waals surface area contributed by atoms with Crippen LogP contribution in [-0.2, 0) is 22.4 Å². The molecule has 154 valence electrons. The lowest BCUT2D eigenvalue weighted by Gasteiger charge is -2.33. The summed E-state index contributed by atoms with van der Waals surface area (Å²) in [5, 5.41) is 4.16. The van der Waals surface area contributed by atoms with Crippen LogP contribution in [0.3, 0.4) is 0 Å². The summed E-state index contributed by atoms with van der Waals surface area (Å²) in [6.07, 6.45) is 2.45. The fourth-order valence-electron chi connectivity index (χ4n) is 4.12. The predicted octanol–water partition coefficient (Wildman–Crippen LogP) is 3.17. The number of thiazole rings is 1. The van der Waals surface area contributed by atoms with Gasteiger partial charge in [-0.25, -0.2) is 4.98 Å². The van der Waals surface area contributed by atoms with Gasteiger partial charge < -0.3 is 15.1 Å². The van der Waals surface area contributed by atoms with Crippen molar-refractivity contribution < 1.29 is 9.59 Å². The quantitative estimate of drug-likeness (QED) is 0.841. The number of rotatable bonds is 3. The topological polar surface area (TPSA) is 65.5 Å². The molecule has 4 rings (SSSR count). The number of anilines is 2. The smallest absolute Gasteiger partial charge is 0.227 e. The van der Waals surface area contributed by atoms with Crippen LogP contribution in [0.15, 0.2) is 18.2 Å². The summed E-state index contributed by atoms with van der Waals surface area (Å²) >= 11 is 1.72. The molecule has 2 amide bonds. The molecule has 0 radical (unpaired) electrons. The summed E-state index contributed by atoms with van der Waals surface area (Å²) in [5.41, 5.74) is 4.35. The SMILES string of the molecule is CC(=O)N1CCN(c2nc3c(s2)C[C@@H](C(=O)Nc2ccc(C)cc2C)CC3)CC1. The summed E-state index contributed by atoms with van der Waals surface area (Å²) in [7, 11) is 0. The first kappa shape index (κ1) is 19.9. The van der Waals surface area contributed by atoms with E-state index in [1.807, 2.05) is 24.0 Å². The fraction of sp³-hybridized carbons (Fsp3) is 0.500. The van der Waals surface area contributed by atoms with Gasteiger partial charge in [0.15, 0.2) is 5.13 Å². The number of aryl methyl sites for hydroxylation is 3. The average molecular weight is 413 g/mol. The van der Waals surface area contributed by atoms with Gasteiger partial charge in [-0.05, 0) is 44.7 Å². The predicted molar refractivity (Wildman–Crippen MR) is 117 cm³/mol. The number of fused-ring (bicyclic) bond motifs is 1. The maximum absolute atomic E-state index is 12.8. The van der Waals surface area contributed by atoms with Crippen LogP contribution >= 0.6 is 11.3 Å². The highest BCUT2D eigenvalue weighted by molar-refractivity contribution is 7.15. The Hall–Kier alpha value is -2.41. The van der Waals surface area contributed by atoms with Crippen molar-refractivity contribution in [3.63, 3.8) is 0 Å². The van der Waals surface area contributed by atoms with Crippen LogP contribution in [0.2, 0.25) is 0 Å². The first-order chi connectivity index (χ1) is 13.9. The Labute approximate surface area is 175 Å². The van der Waals surface area contributed by atoms with E-state index in [1.165, 1.54) is 10.4 Å². The minimum Gasteiger partial charge on any atom is -0.345 e. The van der Waals surface area contributed by atoms with Crippen molar-refractivity contribution in [2.75, 3.05) is 36.4 Å². The Bertz CT molecular complexity index is 931. The van der Waals surface area contributed by atoms with Gasteiger partial charge in [0.2, 0.25) is 11.8 Å².